The Bertz CT molecular complexity index is 320. The molecule has 2 N–H and O–H groups in total. The number of rotatable bonds is 2. The van der Waals surface area contributed by atoms with Crippen LogP contribution >= 0.6 is 15.9 Å². The number of aliphatic hydroxyl groups excluding tert-OH is 1. The molecular weight excluding hydrogens is 248 g/mol. The van der Waals surface area contributed by atoms with Gasteiger partial charge in [-0.05, 0) is 15.9 Å². The SMILES string of the molecule is OCc1c(C(F)F)cnc(Br)c1O. The molecule has 0 amide bonds. The predicted molar refractivity (Wildman–Crippen MR) is 44.5 cm³/mol. The first-order valence-electron chi connectivity index (χ1n) is 3.33. The van der Waals surface area contributed by atoms with Gasteiger partial charge in [-0.2, -0.15) is 0 Å². The van der Waals surface area contributed by atoms with Crippen molar-refractivity contribution in [3.63, 3.8) is 0 Å². The summed E-state index contributed by atoms with van der Waals surface area (Å²) in [4.78, 5) is 3.48. The normalized spacial score (nSPS) is 10.8. The highest BCUT2D eigenvalue weighted by atomic mass is 79.9. The molecule has 0 aliphatic carbocycles. The van der Waals surface area contributed by atoms with Crippen molar-refractivity contribution in [1.82, 2.24) is 4.98 Å². The van der Waals surface area contributed by atoms with Crippen LogP contribution in [0.3, 0.4) is 0 Å². The van der Waals surface area contributed by atoms with Crippen LogP contribution in [-0.2, 0) is 6.61 Å². The van der Waals surface area contributed by atoms with Crippen molar-refractivity contribution in [1.29, 1.82) is 0 Å². The van der Waals surface area contributed by atoms with E-state index in [-0.39, 0.29) is 10.2 Å². The monoisotopic (exact) mass is 253 g/mol. The summed E-state index contributed by atoms with van der Waals surface area (Å²) in [7, 11) is 0. The van der Waals surface area contributed by atoms with Gasteiger partial charge in [-0.25, -0.2) is 13.8 Å². The molecule has 0 bridgehead atoms. The van der Waals surface area contributed by atoms with Gasteiger partial charge in [0.05, 0.1) is 6.61 Å². The Balaban J connectivity index is 3.30. The highest BCUT2D eigenvalue weighted by molar-refractivity contribution is 9.10. The van der Waals surface area contributed by atoms with E-state index >= 15 is 0 Å². The van der Waals surface area contributed by atoms with Crippen LogP contribution in [0.5, 0.6) is 5.75 Å². The van der Waals surface area contributed by atoms with E-state index in [0.29, 0.717) is 0 Å². The van der Waals surface area contributed by atoms with Gasteiger partial charge in [-0.3, -0.25) is 0 Å². The van der Waals surface area contributed by atoms with Crippen LogP contribution < -0.4 is 0 Å². The van der Waals surface area contributed by atoms with E-state index in [0.717, 1.165) is 6.20 Å². The first kappa shape index (κ1) is 10.3. The van der Waals surface area contributed by atoms with Crippen LogP contribution in [0.2, 0.25) is 0 Å². The number of pyridine rings is 1. The molecule has 6 heteroatoms. The Kier molecular flexibility index (Phi) is 3.16. The minimum atomic E-state index is -2.76. The van der Waals surface area contributed by atoms with Gasteiger partial charge in [0.1, 0.15) is 4.60 Å². The number of aromatic hydroxyl groups is 1. The standard InChI is InChI=1S/C7H6BrF2NO2/c8-6-5(13)4(2-12)3(1-11-6)7(9)10/h1,7,12-13H,2H2. The van der Waals surface area contributed by atoms with E-state index in [1.165, 1.54) is 0 Å². The fourth-order valence-corrected chi connectivity index (χ4v) is 1.22. The maximum absolute atomic E-state index is 12.2. The Labute approximate surface area is 81.2 Å². The molecule has 0 saturated carbocycles. The minimum Gasteiger partial charge on any atom is -0.505 e. The molecule has 1 heterocycles. The lowest BCUT2D eigenvalue weighted by molar-refractivity contribution is 0.145. The lowest BCUT2D eigenvalue weighted by atomic mass is 10.1. The average molecular weight is 254 g/mol. The molecule has 3 nitrogen and oxygen atoms in total. The van der Waals surface area contributed by atoms with Crippen LogP contribution in [0.15, 0.2) is 10.8 Å². The molecule has 0 fully saturated rings. The zero-order valence-electron chi connectivity index (χ0n) is 6.34. The molecule has 1 aromatic rings. The van der Waals surface area contributed by atoms with Gasteiger partial charge in [0.15, 0.2) is 5.75 Å². The van der Waals surface area contributed by atoms with Crippen LogP contribution in [0.1, 0.15) is 17.6 Å². The molecule has 0 spiro atoms. The zero-order chi connectivity index (χ0) is 10.0. The van der Waals surface area contributed by atoms with Crippen molar-refractivity contribution in [3.8, 4) is 5.75 Å². The molecule has 72 valence electrons. The third kappa shape index (κ3) is 1.94. The predicted octanol–water partition coefficient (Wildman–Crippen LogP) is 1.98. The topological polar surface area (TPSA) is 53.4 Å². The Morgan fingerprint density at radius 3 is 2.62 bits per heavy atom. The highest BCUT2D eigenvalue weighted by Gasteiger charge is 2.18. The van der Waals surface area contributed by atoms with Crippen molar-refractivity contribution in [2.45, 2.75) is 13.0 Å². The maximum atomic E-state index is 12.2. The van der Waals surface area contributed by atoms with Crippen molar-refractivity contribution < 1.29 is 19.0 Å². The van der Waals surface area contributed by atoms with E-state index < -0.39 is 24.3 Å². The molecular formula is C7H6BrF2NO2. The Morgan fingerprint density at radius 1 is 1.54 bits per heavy atom. The van der Waals surface area contributed by atoms with Crippen molar-refractivity contribution >= 4 is 15.9 Å². The Hall–Kier alpha value is -0.750. The quantitative estimate of drug-likeness (QED) is 0.793. The highest BCUT2D eigenvalue weighted by Crippen LogP contribution is 2.32. The minimum absolute atomic E-state index is 0.0425. The van der Waals surface area contributed by atoms with Gasteiger partial charge in [0.2, 0.25) is 0 Å². The summed E-state index contributed by atoms with van der Waals surface area (Å²) >= 11 is 2.85. The maximum Gasteiger partial charge on any atom is 0.265 e. The number of halogens is 3. The second-order valence-electron chi connectivity index (χ2n) is 2.29. The van der Waals surface area contributed by atoms with E-state index in [2.05, 4.69) is 20.9 Å². The first-order chi connectivity index (χ1) is 6.07. The fraction of sp³-hybridized carbons (Fsp3) is 0.286. The number of hydrogen-bond acceptors (Lipinski definition) is 3. The molecule has 0 aliphatic rings. The van der Waals surface area contributed by atoms with Gasteiger partial charge in [0.25, 0.3) is 6.43 Å². The fourth-order valence-electron chi connectivity index (χ4n) is 0.881. The number of aliphatic hydroxyl groups is 1. The third-order valence-corrected chi connectivity index (χ3v) is 2.12. The molecule has 1 rings (SSSR count). The summed E-state index contributed by atoms with van der Waals surface area (Å²) in [5, 5.41) is 18.0. The van der Waals surface area contributed by atoms with Crippen molar-refractivity contribution in [2.75, 3.05) is 0 Å². The molecule has 0 atom stereocenters. The molecule has 0 radical (unpaired) electrons. The summed E-state index contributed by atoms with van der Waals surface area (Å²) in [6.45, 7) is -0.646. The summed E-state index contributed by atoms with van der Waals surface area (Å²) in [6.07, 6.45) is -1.84. The molecule has 0 unspecified atom stereocenters. The molecule has 0 aliphatic heterocycles. The van der Waals surface area contributed by atoms with Crippen LogP contribution in [-0.4, -0.2) is 15.2 Å². The van der Waals surface area contributed by atoms with Gasteiger partial charge < -0.3 is 10.2 Å². The van der Waals surface area contributed by atoms with Gasteiger partial charge in [0, 0.05) is 17.3 Å². The van der Waals surface area contributed by atoms with Gasteiger partial charge in [-0.1, -0.05) is 0 Å². The van der Waals surface area contributed by atoms with E-state index in [1.807, 2.05) is 0 Å². The van der Waals surface area contributed by atoms with Crippen LogP contribution in [0, 0.1) is 0 Å². The van der Waals surface area contributed by atoms with Crippen LogP contribution in [0.4, 0.5) is 8.78 Å². The molecule has 0 saturated heterocycles. The van der Waals surface area contributed by atoms with E-state index in [9.17, 15) is 13.9 Å². The average Bonchev–Trinajstić information content (AvgIpc) is 2.09. The summed E-state index contributed by atoms with van der Waals surface area (Å²) in [6, 6.07) is 0. The second-order valence-corrected chi connectivity index (χ2v) is 3.04. The van der Waals surface area contributed by atoms with E-state index in [4.69, 9.17) is 5.11 Å². The number of alkyl halides is 2. The molecule has 1 aromatic heterocycles. The van der Waals surface area contributed by atoms with Gasteiger partial charge >= 0.3 is 0 Å². The van der Waals surface area contributed by atoms with E-state index in [1.54, 1.807) is 0 Å². The Morgan fingerprint density at radius 2 is 2.15 bits per heavy atom. The number of hydrogen-bond donors (Lipinski definition) is 2. The molecule has 0 aromatic carbocycles. The second kappa shape index (κ2) is 3.97. The van der Waals surface area contributed by atoms with Crippen molar-refractivity contribution in [3.05, 3.63) is 21.9 Å². The smallest absolute Gasteiger partial charge is 0.265 e. The number of nitrogens with zero attached hydrogens (tertiary/aromatic N) is 1. The van der Waals surface area contributed by atoms with Crippen LogP contribution in [0.25, 0.3) is 0 Å². The third-order valence-electron chi connectivity index (χ3n) is 1.54. The van der Waals surface area contributed by atoms with Gasteiger partial charge in [-0.15, -0.1) is 0 Å². The zero-order valence-corrected chi connectivity index (χ0v) is 7.92. The van der Waals surface area contributed by atoms with Crippen molar-refractivity contribution in [2.24, 2.45) is 0 Å². The summed E-state index contributed by atoms with van der Waals surface area (Å²) < 4.78 is 24.5. The largest absolute Gasteiger partial charge is 0.505 e. The number of aromatic nitrogens is 1. The summed E-state index contributed by atoms with van der Waals surface area (Å²) in [5.41, 5.74) is -0.653. The summed E-state index contributed by atoms with van der Waals surface area (Å²) in [5.74, 6) is -0.444. The molecule has 13 heavy (non-hydrogen) atoms. The lowest BCUT2D eigenvalue weighted by Crippen LogP contribution is -1.97. The lowest BCUT2D eigenvalue weighted by Gasteiger charge is -2.08. The first-order valence-corrected chi connectivity index (χ1v) is 4.12.